The molecule has 0 bridgehead atoms. The number of nitrogen functional groups attached to an aromatic ring is 1. The Bertz CT molecular complexity index is 1150. The van der Waals surface area contributed by atoms with Crippen LogP contribution in [0.2, 0.25) is 0 Å². The molecule has 3 heterocycles. The number of hydrogen-bond acceptors (Lipinski definition) is 7. The van der Waals surface area contributed by atoms with Crippen molar-refractivity contribution in [1.29, 1.82) is 0 Å². The molecule has 0 radical (unpaired) electrons. The number of rotatable bonds is 4. The average molecular weight is 368 g/mol. The van der Waals surface area contributed by atoms with Gasteiger partial charge < -0.3 is 14.7 Å². The number of furan rings is 1. The monoisotopic (exact) mass is 368 g/mol. The van der Waals surface area contributed by atoms with Gasteiger partial charge in [0.15, 0.2) is 5.76 Å². The highest BCUT2D eigenvalue weighted by molar-refractivity contribution is 7.98. The number of nitrogens with two attached hydrogens (primary N) is 1. The molecule has 4 rings (SSSR count). The molecule has 0 aliphatic rings. The highest BCUT2D eigenvalue weighted by Crippen LogP contribution is 2.29. The molecule has 0 amide bonds. The van der Waals surface area contributed by atoms with Crippen LogP contribution in [-0.4, -0.2) is 14.9 Å². The first kappa shape index (κ1) is 16.5. The quantitative estimate of drug-likeness (QED) is 0.335. The summed E-state index contributed by atoms with van der Waals surface area (Å²) in [5.74, 6) is 7.58. The van der Waals surface area contributed by atoms with E-state index >= 15 is 0 Å². The number of hydrogen-bond donors (Lipinski definition) is 1. The summed E-state index contributed by atoms with van der Waals surface area (Å²) in [4.78, 5) is 12.0. The lowest BCUT2D eigenvalue weighted by atomic mass is 10.0. The molecule has 0 fully saturated rings. The van der Waals surface area contributed by atoms with E-state index in [1.54, 1.807) is 18.4 Å². The molecule has 3 aromatic heterocycles. The minimum atomic E-state index is -0.368. The van der Waals surface area contributed by atoms with Crippen LogP contribution < -0.4 is 11.5 Å². The Hall–Kier alpha value is -3.00. The predicted octanol–water partition coefficient (Wildman–Crippen LogP) is 3.27. The lowest BCUT2D eigenvalue weighted by molar-refractivity contribution is 0.557. The molecule has 1 aromatic carbocycles. The van der Waals surface area contributed by atoms with E-state index in [1.807, 2.05) is 26.0 Å². The third-order valence-electron chi connectivity index (χ3n) is 4.28. The van der Waals surface area contributed by atoms with E-state index < -0.39 is 0 Å². The van der Waals surface area contributed by atoms with Crippen molar-refractivity contribution in [1.82, 2.24) is 14.9 Å². The molecule has 26 heavy (non-hydrogen) atoms. The molecular formula is C18H16N4O3S. The standard InChI is InChI=1S/C18H16N4O3S/c1-10-5-6-13-12(8-15(23)25-16(13)11(10)2)9-26-18-21-20-17(22(18)19)14-4-3-7-24-14/h3-8H,9,19H2,1-2H3. The summed E-state index contributed by atoms with van der Waals surface area (Å²) >= 11 is 1.39. The Kier molecular flexibility index (Phi) is 4.04. The molecule has 4 aromatic rings. The summed E-state index contributed by atoms with van der Waals surface area (Å²) in [6, 6.07) is 9.03. The molecular weight excluding hydrogens is 352 g/mol. The molecule has 0 atom stereocenters. The lowest BCUT2D eigenvalue weighted by Gasteiger charge is -2.08. The highest BCUT2D eigenvalue weighted by Gasteiger charge is 2.16. The molecule has 0 saturated heterocycles. The molecule has 0 saturated carbocycles. The van der Waals surface area contributed by atoms with Crippen molar-refractivity contribution in [2.45, 2.75) is 24.8 Å². The third-order valence-corrected chi connectivity index (χ3v) is 5.27. The number of nitrogens with zero attached hydrogens (tertiary/aromatic N) is 3. The number of aromatic nitrogens is 3. The van der Waals surface area contributed by atoms with Crippen LogP contribution in [0.5, 0.6) is 0 Å². The number of fused-ring (bicyclic) bond motifs is 1. The molecule has 0 aliphatic heterocycles. The fourth-order valence-electron chi connectivity index (χ4n) is 2.74. The van der Waals surface area contributed by atoms with Gasteiger partial charge in [0.05, 0.1) is 6.26 Å². The molecule has 0 spiro atoms. The van der Waals surface area contributed by atoms with Gasteiger partial charge in [-0.15, -0.1) is 10.2 Å². The van der Waals surface area contributed by atoms with Crippen LogP contribution in [0.3, 0.4) is 0 Å². The third kappa shape index (κ3) is 2.78. The van der Waals surface area contributed by atoms with Crippen molar-refractivity contribution in [2.75, 3.05) is 5.84 Å². The summed E-state index contributed by atoms with van der Waals surface area (Å²) in [6.45, 7) is 3.94. The van der Waals surface area contributed by atoms with Crippen molar-refractivity contribution >= 4 is 22.7 Å². The van der Waals surface area contributed by atoms with Gasteiger partial charge in [0.1, 0.15) is 5.58 Å². The van der Waals surface area contributed by atoms with Crippen molar-refractivity contribution in [2.24, 2.45) is 0 Å². The molecule has 8 heteroatoms. The fraction of sp³-hybridized carbons (Fsp3) is 0.167. The van der Waals surface area contributed by atoms with Crippen LogP contribution in [0.4, 0.5) is 0 Å². The zero-order valence-electron chi connectivity index (χ0n) is 14.2. The fourth-order valence-corrected chi connectivity index (χ4v) is 3.58. The van der Waals surface area contributed by atoms with Crippen LogP contribution in [0.25, 0.3) is 22.6 Å². The van der Waals surface area contributed by atoms with E-state index in [9.17, 15) is 4.79 Å². The van der Waals surface area contributed by atoms with E-state index in [4.69, 9.17) is 14.7 Å². The molecule has 7 nitrogen and oxygen atoms in total. The topological polar surface area (TPSA) is 100 Å². The van der Waals surface area contributed by atoms with Gasteiger partial charge in [-0.3, -0.25) is 0 Å². The van der Waals surface area contributed by atoms with Gasteiger partial charge in [-0.25, -0.2) is 9.47 Å². The van der Waals surface area contributed by atoms with E-state index in [-0.39, 0.29) is 5.63 Å². The smallest absolute Gasteiger partial charge is 0.336 e. The Morgan fingerprint density at radius 1 is 1.23 bits per heavy atom. The minimum Gasteiger partial charge on any atom is -0.461 e. The molecule has 132 valence electrons. The van der Waals surface area contributed by atoms with Crippen LogP contribution >= 0.6 is 11.8 Å². The average Bonchev–Trinajstić information content (AvgIpc) is 3.26. The Morgan fingerprint density at radius 3 is 2.85 bits per heavy atom. The predicted molar refractivity (Wildman–Crippen MR) is 99.4 cm³/mol. The summed E-state index contributed by atoms with van der Waals surface area (Å²) < 4.78 is 12.1. The maximum absolute atomic E-state index is 12.0. The first-order valence-electron chi connectivity index (χ1n) is 7.94. The Morgan fingerprint density at radius 2 is 2.08 bits per heavy atom. The van der Waals surface area contributed by atoms with E-state index in [1.165, 1.54) is 22.5 Å². The van der Waals surface area contributed by atoms with Crippen molar-refractivity contribution in [3.63, 3.8) is 0 Å². The second kappa shape index (κ2) is 6.38. The molecule has 0 aliphatic carbocycles. The summed E-state index contributed by atoms with van der Waals surface area (Å²) in [6.07, 6.45) is 1.55. The summed E-state index contributed by atoms with van der Waals surface area (Å²) in [7, 11) is 0. The van der Waals surface area contributed by atoms with Crippen LogP contribution in [-0.2, 0) is 5.75 Å². The van der Waals surface area contributed by atoms with Crippen molar-refractivity contribution in [3.8, 4) is 11.6 Å². The van der Waals surface area contributed by atoms with Gasteiger partial charge in [0, 0.05) is 17.2 Å². The van der Waals surface area contributed by atoms with E-state index in [0.29, 0.717) is 28.1 Å². The van der Waals surface area contributed by atoms with Gasteiger partial charge in [0.25, 0.3) is 0 Å². The van der Waals surface area contributed by atoms with Gasteiger partial charge in [-0.1, -0.05) is 23.9 Å². The normalized spacial score (nSPS) is 11.3. The van der Waals surface area contributed by atoms with Crippen molar-refractivity contribution < 1.29 is 8.83 Å². The number of aryl methyl sites for hydroxylation is 2. The van der Waals surface area contributed by atoms with Gasteiger partial charge in [0.2, 0.25) is 11.0 Å². The number of benzene rings is 1. The maximum Gasteiger partial charge on any atom is 0.336 e. The molecule has 0 unspecified atom stereocenters. The second-order valence-electron chi connectivity index (χ2n) is 5.92. The van der Waals surface area contributed by atoms with Gasteiger partial charge in [-0.05, 0) is 42.7 Å². The van der Waals surface area contributed by atoms with Crippen LogP contribution in [0.15, 0.2) is 55.4 Å². The van der Waals surface area contributed by atoms with E-state index in [0.717, 1.165) is 22.1 Å². The van der Waals surface area contributed by atoms with Gasteiger partial charge in [-0.2, -0.15) is 0 Å². The van der Waals surface area contributed by atoms with Crippen molar-refractivity contribution in [3.05, 3.63) is 63.7 Å². The zero-order chi connectivity index (χ0) is 18.3. The SMILES string of the molecule is Cc1ccc2c(CSc3nnc(-c4ccco4)n3N)cc(=O)oc2c1C. The Balaban J connectivity index is 1.67. The molecule has 2 N–H and O–H groups in total. The van der Waals surface area contributed by atoms with Crippen LogP contribution in [0.1, 0.15) is 16.7 Å². The summed E-state index contributed by atoms with van der Waals surface area (Å²) in [5.41, 5.74) is 3.17. The van der Waals surface area contributed by atoms with Gasteiger partial charge >= 0.3 is 5.63 Å². The minimum absolute atomic E-state index is 0.368. The Labute approximate surface area is 152 Å². The number of thioether (sulfide) groups is 1. The van der Waals surface area contributed by atoms with Crippen LogP contribution in [0, 0.1) is 13.8 Å². The second-order valence-corrected chi connectivity index (χ2v) is 6.86. The first-order valence-corrected chi connectivity index (χ1v) is 8.93. The lowest BCUT2D eigenvalue weighted by Crippen LogP contribution is -2.11. The largest absolute Gasteiger partial charge is 0.461 e. The maximum atomic E-state index is 12.0. The van der Waals surface area contributed by atoms with E-state index in [2.05, 4.69) is 10.2 Å². The summed E-state index contributed by atoms with van der Waals surface area (Å²) in [5, 5.41) is 9.62. The zero-order valence-corrected chi connectivity index (χ0v) is 15.0. The highest BCUT2D eigenvalue weighted by atomic mass is 32.2. The first-order chi connectivity index (χ1) is 12.5.